The number of hydrogen-bond acceptors (Lipinski definition) is 2. The van der Waals surface area contributed by atoms with Gasteiger partial charge in [-0.15, -0.1) is 0 Å². The molecule has 0 aliphatic carbocycles. The highest BCUT2D eigenvalue weighted by molar-refractivity contribution is 5.19. The highest BCUT2D eigenvalue weighted by atomic mass is 15.0. The van der Waals surface area contributed by atoms with Crippen molar-refractivity contribution in [2.24, 2.45) is 0 Å². The number of rotatable bonds is 5. The Labute approximate surface area is 93.1 Å². The van der Waals surface area contributed by atoms with Gasteiger partial charge >= 0.3 is 0 Å². The fraction of sp³-hybridized carbons (Fsp3) is 0.538. The van der Waals surface area contributed by atoms with Crippen LogP contribution in [0.2, 0.25) is 0 Å². The third-order valence-electron chi connectivity index (χ3n) is 2.51. The first-order valence-corrected chi connectivity index (χ1v) is 5.80. The summed E-state index contributed by atoms with van der Waals surface area (Å²) in [6.45, 7) is 7.40. The molecule has 2 N–H and O–H groups in total. The molecule has 0 unspecified atom stereocenters. The van der Waals surface area contributed by atoms with E-state index in [2.05, 4.69) is 49.8 Å². The van der Waals surface area contributed by atoms with Gasteiger partial charge in [-0.2, -0.15) is 0 Å². The van der Waals surface area contributed by atoms with E-state index in [1.807, 2.05) is 0 Å². The summed E-state index contributed by atoms with van der Waals surface area (Å²) in [5.74, 6) is 0. The fourth-order valence-corrected chi connectivity index (χ4v) is 1.54. The van der Waals surface area contributed by atoms with E-state index in [1.165, 1.54) is 17.0 Å². The first kappa shape index (κ1) is 11.9. The van der Waals surface area contributed by atoms with Gasteiger partial charge in [-0.1, -0.05) is 31.6 Å². The lowest BCUT2D eigenvalue weighted by atomic mass is 10.1. The second-order valence-electron chi connectivity index (χ2n) is 3.91. The third kappa shape index (κ3) is 4.24. The largest absolute Gasteiger partial charge is 0.383 e. The molecule has 84 valence electrons. The smallest absolute Gasteiger partial charge is 0.0544 e. The van der Waals surface area contributed by atoms with Crippen LogP contribution in [-0.4, -0.2) is 6.54 Å². The summed E-state index contributed by atoms with van der Waals surface area (Å²) in [5, 5.41) is 6.76. The Balaban J connectivity index is 2.34. The summed E-state index contributed by atoms with van der Waals surface area (Å²) in [4.78, 5) is 0. The summed E-state index contributed by atoms with van der Waals surface area (Å²) >= 11 is 0. The quantitative estimate of drug-likeness (QED) is 0.722. The van der Waals surface area contributed by atoms with Gasteiger partial charge in [0.2, 0.25) is 0 Å². The van der Waals surface area contributed by atoms with E-state index in [1.54, 1.807) is 0 Å². The average Bonchev–Trinajstić information content (AvgIpc) is 2.26. The zero-order valence-corrected chi connectivity index (χ0v) is 10.1. The van der Waals surface area contributed by atoms with Gasteiger partial charge in [-0.3, -0.25) is 0 Å². The van der Waals surface area contributed by atoms with E-state index < -0.39 is 0 Å². The molecule has 1 rings (SSSR count). The van der Waals surface area contributed by atoms with E-state index in [4.69, 9.17) is 0 Å². The van der Waals surface area contributed by atoms with Gasteiger partial charge in [0.25, 0.3) is 0 Å². The number of nitrogens with one attached hydrogen (secondary N) is 2. The van der Waals surface area contributed by atoms with Crippen molar-refractivity contribution < 1.29 is 0 Å². The van der Waals surface area contributed by atoms with Crippen molar-refractivity contribution in [1.82, 2.24) is 10.6 Å². The first-order valence-electron chi connectivity index (χ1n) is 5.80. The van der Waals surface area contributed by atoms with Crippen LogP contribution in [0.5, 0.6) is 0 Å². The van der Waals surface area contributed by atoms with Crippen molar-refractivity contribution in [1.29, 1.82) is 0 Å². The molecule has 1 aliphatic heterocycles. The van der Waals surface area contributed by atoms with Gasteiger partial charge < -0.3 is 10.6 Å². The number of dihydropyridines is 1. The molecule has 0 fully saturated rings. The van der Waals surface area contributed by atoms with Crippen molar-refractivity contribution in [3.63, 3.8) is 0 Å². The Bertz CT molecular complexity index is 285. The minimum absolute atomic E-state index is 0.906. The Morgan fingerprint density at radius 1 is 1.53 bits per heavy atom. The lowest BCUT2D eigenvalue weighted by Gasteiger charge is -2.16. The van der Waals surface area contributed by atoms with Crippen LogP contribution in [-0.2, 0) is 0 Å². The van der Waals surface area contributed by atoms with E-state index in [0.29, 0.717) is 0 Å². The molecular formula is C13H22N2. The molecule has 0 aromatic carbocycles. The molecule has 2 heteroatoms. The maximum Gasteiger partial charge on any atom is 0.0544 e. The molecule has 15 heavy (non-hydrogen) atoms. The fourth-order valence-electron chi connectivity index (χ4n) is 1.54. The van der Waals surface area contributed by atoms with Crippen molar-refractivity contribution in [2.45, 2.75) is 40.0 Å². The van der Waals surface area contributed by atoms with Crippen molar-refractivity contribution in [3.05, 3.63) is 35.3 Å². The summed E-state index contributed by atoms with van der Waals surface area (Å²) in [7, 11) is 0. The second kappa shape index (κ2) is 6.33. The van der Waals surface area contributed by atoms with Crippen LogP contribution < -0.4 is 10.6 Å². The molecule has 0 bridgehead atoms. The molecule has 0 saturated heterocycles. The molecule has 1 aliphatic rings. The van der Waals surface area contributed by atoms with Crippen molar-refractivity contribution in [3.8, 4) is 0 Å². The molecule has 0 aromatic rings. The minimum Gasteiger partial charge on any atom is -0.383 e. The average molecular weight is 206 g/mol. The zero-order chi connectivity index (χ0) is 11.1. The second-order valence-corrected chi connectivity index (χ2v) is 3.91. The SMILES string of the molecule is CC/C=C(\CC)NCC1=CCC(C)=CN1. The van der Waals surface area contributed by atoms with Crippen LogP contribution >= 0.6 is 0 Å². The summed E-state index contributed by atoms with van der Waals surface area (Å²) in [6, 6.07) is 0. The topological polar surface area (TPSA) is 24.1 Å². The van der Waals surface area contributed by atoms with Crippen LogP contribution in [0.25, 0.3) is 0 Å². The van der Waals surface area contributed by atoms with E-state index >= 15 is 0 Å². The van der Waals surface area contributed by atoms with Crippen LogP contribution in [0.4, 0.5) is 0 Å². The Morgan fingerprint density at radius 3 is 2.87 bits per heavy atom. The normalized spacial score (nSPS) is 16.6. The molecule has 0 aromatic heterocycles. The molecule has 0 spiro atoms. The van der Waals surface area contributed by atoms with Gasteiger partial charge in [0.1, 0.15) is 0 Å². The molecule has 0 amide bonds. The Hall–Kier alpha value is -1.18. The first-order chi connectivity index (χ1) is 7.26. The van der Waals surface area contributed by atoms with Crippen molar-refractivity contribution in [2.75, 3.05) is 6.54 Å². The van der Waals surface area contributed by atoms with Gasteiger partial charge in [0.05, 0.1) is 6.54 Å². The molecule has 2 nitrogen and oxygen atoms in total. The predicted octanol–water partition coefficient (Wildman–Crippen LogP) is 3.06. The van der Waals surface area contributed by atoms with E-state index in [0.717, 1.165) is 25.8 Å². The lowest BCUT2D eigenvalue weighted by molar-refractivity contribution is 0.768. The van der Waals surface area contributed by atoms with Crippen LogP contribution in [0, 0.1) is 0 Å². The summed E-state index contributed by atoms with van der Waals surface area (Å²) in [5.41, 5.74) is 4.00. The zero-order valence-electron chi connectivity index (χ0n) is 10.1. The highest BCUT2D eigenvalue weighted by Crippen LogP contribution is 2.08. The number of allylic oxidation sites excluding steroid dienone is 4. The summed E-state index contributed by atoms with van der Waals surface area (Å²) < 4.78 is 0. The molecule has 0 atom stereocenters. The minimum atomic E-state index is 0.906. The predicted molar refractivity (Wildman–Crippen MR) is 66.3 cm³/mol. The lowest BCUT2D eigenvalue weighted by Crippen LogP contribution is -2.23. The van der Waals surface area contributed by atoms with E-state index in [-0.39, 0.29) is 0 Å². The summed E-state index contributed by atoms with van der Waals surface area (Å²) in [6.07, 6.45) is 9.85. The van der Waals surface area contributed by atoms with Gasteiger partial charge in [0.15, 0.2) is 0 Å². The van der Waals surface area contributed by atoms with Gasteiger partial charge in [0, 0.05) is 11.4 Å². The van der Waals surface area contributed by atoms with Gasteiger partial charge in [-0.05, 0) is 32.4 Å². The Morgan fingerprint density at radius 2 is 2.33 bits per heavy atom. The molecule has 1 heterocycles. The maximum atomic E-state index is 3.46. The molecule has 0 saturated carbocycles. The van der Waals surface area contributed by atoms with E-state index in [9.17, 15) is 0 Å². The van der Waals surface area contributed by atoms with Gasteiger partial charge in [-0.25, -0.2) is 0 Å². The Kier molecular flexibility index (Phi) is 5.02. The monoisotopic (exact) mass is 206 g/mol. The highest BCUT2D eigenvalue weighted by Gasteiger charge is 2.01. The van der Waals surface area contributed by atoms with Crippen LogP contribution in [0.15, 0.2) is 35.3 Å². The standard InChI is InChI=1S/C13H22N2/c1-4-6-12(5-2)15-10-13-8-7-11(3)9-14-13/h6,8-9,14-15H,4-5,7,10H2,1-3H3/b12-6+. The number of hydrogen-bond donors (Lipinski definition) is 2. The van der Waals surface area contributed by atoms with Crippen LogP contribution in [0.3, 0.4) is 0 Å². The molecule has 0 radical (unpaired) electrons. The van der Waals surface area contributed by atoms with Crippen LogP contribution in [0.1, 0.15) is 40.0 Å². The van der Waals surface area contributed by atoms with Crippen molar-refractivity contribution >= 4 is 0 Å². The third-order valence-corrected chi connectivity index (χ3v) is 2.51. The maximum absolute atomic E-state index is 3.46. The molecular weight excluding hydrogens is 184 g/mol.